The van der Waals surface area contributed by atoms with Crippen LogP contribution in [0.5, 0.6) is 0 Å². The molecule has 29 heteroatoms. The Morgan fingerprint density at radius 3 is 1.94 bits per heavy atom. The Labute approximate surface area is 612 Å². The fourth-order valence-corrected chi connectivity index (χ4v) is 18.4. The normalized spacial score (nSPS) is 31.6. The van der Waals surface area contributed by atoms with Crippen molar-refractivity contribution < 1.29 is 75.4 Å². The topological polar surface area (TPSA) is 279 Å². The number of ether oxygens (including phenoxy) is 1. The van der Waals surface area contributed by atoms with Crippen LogP contribution >= 0.6 is 11.8 Å². The number of rotatable bonds is 14. The Hall–Kier alpha value is -6.52. The zero-order chi connectivity index (χ0) is 76.1. The van der Waals surface area contributed by atoms with Crippen LogP contribution in [0.15, 0.2) is 12.2 Å². The summed E-state index contributed by atoms with van der Waals surface area (Å²) < 4.78 is 48.5. The summed E-state index contributed by atoms with van der Waals surface area (Å²) in [5, 5.41) is 9.45. The Kier molecular flexibility index (Phi) is 30.2. The first-order valence-electron chi connectivity index (χ1n) is 37.9. The zero-order valence-corrected chi connectivity index (χ0v) is 64.4. The molecule has 103 heavy (non-hydrogen) atoms. The summed E-state index contributed by atoms with van der Waals surface area (Å²) >= 11 is 1.99. The maximum absolute atomic E-state index is 15.6. The lowest BCUT2D eigenvalue weighted by Gasteiger charge is -2.47. The van der Waals surface area contributed by atoms with Crippen molar-refractivity contribution in [1.29, 1.82) is 0 Å². The highest BCUT2D eigenvalue weighted by atomic mass is 32.2. The monoisotopic (exact) mass is 1470 g/mol. The van der Waals surface area contributed by atoms with Gasteiger partial charge in [0.2, 0.25) is 70.9 Å². The molecule has 7 rings (SSSR count). The first-order chi connectivity index (χ1) is 48.7. The van der Waals surface area contributed by atoms with Crippen LogP contribution in [-0.2, 0) is 62.3 Å². The molecule has 3 N–H and O–H groups in total. The second kappa shape index (κ2) is 37.1. The minimum Gasteiger partial charge on any atom is -0.377 e. The number of alkyl halides is 3. The van der Waals surface area contributed by atoms with Crippen LogP contribution in [-0.4, -0.2) is 281 Å². The maximum atomic E-state index is 15.6. The van der Waals surface area contributed by atoms with E-state index in [1.165, 1.54) is 85.8 Å². The van der Waals surface area contributed by atoms with Crippen molar-refractivity contribution in [3.05, 3.63) is 12.2 Å². The molecule has 3 saturated carbocycles. The Balaban J connectivity index is 1.30. The molecule has 580 valence electrons. The van der Waals surface area contributed by atoms with Gasteiger partial charge < -0.3 is 64.8 Å². The summed E-state index contributed by atoms with van der Waals surface area (Å²) in [6.07, 6.45) is 4.74. The molecular formula is C74H119F3N12O13S. The first-order valence-corrected chi connectivity index (χ1v) is 39.0. The first kappa shape index (κ1) is 83.7. The van der Waals surface area contributed by atoms with E-state index in [4.69, 9.17) is 4.74 Å². The summed E-state index contributed by atoms with van der Waals surface area (Å²) in [4.78, 5) is 192. The molecule has 2 bridgehead atoms. The number of fused-ring (bicyclic) bond motifs is 4. The quantitative estimate of drug-likeness (QED) is 0.178. The highest BCUT2D eigenvalue weighted by molar-refractivity contribution is 8.00. The van der Waals surface area contributed by atoms with Crippen LogP contribution in [0.1, 0.15) is 183 Å². The molecule has 7 aliphatic rings. The molecule has 0 aromatic rings. The van der Waals surface area contributed by atoms with Gasteiger partial charge in [0.25, 0.3) is 0 Å². The van der Waals surface area contributed by atoms with Gasteiger partial charge in [0, 0.05) is 87.7 Å². The molecule has 0 aromatic heterocycles. The third kappa shape index (κ3) is 20.2. The smallest absolute Gasteiger partial charge is 0.377 e. The van der Waals surface area contributed by atoms with Gasteiger partial charge in [-0.05, 0) is 151 Å². The predicted octanol–water partition coefficient (Wildman–Crippen LogP) is 5.62. The van der Waals surface area contributed by atoms with Crippen molar-refractivity contribution >= 4 is 82.6 Å². The second-order valence-electron chi connectivity index (χ2n) is 30.7. The molecule has 13 atom stereocenters. The van der Waals surface area contributed by atoms with E-state index in [1.54, 1.807) is 32.9 Å². The molecular weight excluding hydrogens is 1350 g/mol. The molecule has 4 heterocycles. The van der Waals surface area contributed by atoms with Gasteiger partial charge in [-0.1, -0.05) is 66.0 Å². The molecule has 1 spiro atoms. The number of halogens is 3. The van der Waals surface area contributed by atoms with Gasteiger partial charge in [-0.3, -0.25) is 57.5 Å². The second-order valence-corrected chi connectivity index (χ2v) is 32.0. The average molecular weight is 1470 g/mol. The third-order valence-electron chi connectivity index (χ3n) is 23.8. The maximum Gasteiger partial charge on any atom is 0.391 e. The van der Waals surface area contributed by atoms with Crippen molar-refractivity contribution in [3.63, 3.8) is 0 Å². The van der Waals surface area contributed by atoms with Crippen LogP contribution in [0.3, 0.4) is 0 Å². The summed E-state index contributed by atoms with van der Waals surface area (Å²) in [7, 11) is 11.4. The Morgan fingerprint density at radius 1 is 0.680 bits per heavy atom. The minimum atomic E-state index is -4.43. The highest BCUT2D eigenvalue weighted by Crippen LogP contribution is 2.46. The number of amides is 12. The number of carbonyl (C=O) groups excluding carboxylic acids is 12. The standard InChI is InChI=1S/C74H119F3N12O13S/c1-15-45(6)62-70(99)83(10)44-61(92)85(12)54-24-21-20-22-36-88(69(54)98)57(39-47-25-29-50(30-26-47)74(75,76)77)68(97)82(9)43-59(90)78-52(31-27-46-28-32-58-49(38-46)33-37-103-58)66(95)89-42-51(102-19-5)40-55(89)65(94)80-73(34-23-35-73)72(101)87(14)63(48(16-2)17-3)71(100)86(13)56(67(96)81(7)8)41-60(91)84(11)53(18-4)64(93)79-62/h20-21,45-58,62-63H,15-19,22-44H2,1-14H3,(H,78,90)(H,79,93)(H,80,94)/b21-20-/t45-,46?,47?,49?,50?,51+,52-,53-,54-,55-,56-,57-,58?,62-,63-/m0/s1. The van der Waals surface area contributed by atoms with Crippen molar-refractivity contribution in [1.82, 2.24) is 60.0 Å². The number of likely N-dealkylation sites (N-methyl/N-ethyl adjacent to an activating group) is 7. The molecule has 3 saturated heterocycles. The van der Waals surface area contributed by atoms with Crippen LogP contribution in [0.4, 0.5) is 13.2 Å². The minimum absolute atomic E-state index is 0.0196. The van der Waals surface area contributed by atoms with E-state index in [0.717, 1.165) is 46.1 Å². The summed E-state index contributed by atoms with van der Waals surface area (Å²) in [6, 6.07) is -10.1. The van der Waals surface area contributed by atoms with Gasteiger partial charge in [-0.15, -0.1) is 0 Å². The van der Waals surface area contributed by atoms with E-state index in [9.17, 15) is 41.9 Å². The van der Waals surface area contributed by atoms with Crippen molar-refractivity contribution in [2.75, 3.05) is 94.9 Å². The van der Waals surface area contributed by atoms with Gasteiger partial charge in [-0.2, -0.15) is 24.9 Å². The van der Waals surface area contributed by atoms with E-state index < -0.39 is 180 Å². The highest BCUT2D eigenvalue weighted by Gasteiger charge is 2.54. The number of carbonyl (C=O) groups is 12. The van der Waals surface area contributed by atoms with Crippen LogP contribution in [0, 0.1) is 35.5 Å². The third-order valence-corrected chi connectivity index (χ3v) is 25.3. The summed E-state index contributed by atoms with van der Waals surface area (Å²) in [5.74, 6) is -9.12. The van der Waals surface area contributed by atoms with Crippen molar-refractivity contribution in [3.8, 4) is 0 Å². The molecule has 6 fully saturated rings. The SMILES string of the molecule is CCO[C@@H]1C[C@H]2C(=O)NC3(CCC3)C(=O)N(C)[C@@H](C(CC)CC)C(=O)N(C)[C@H](C(=O)N(C)C)CC(=O)N(C)[C@@H](CC)C(=O)N[C@@H]([C@@H](C)CC)C(=O)N(C)CC(=O)N(C)[C@H]3C/C=C\CCN(C3=O)[C@@H](CC3CCC(C(F)(F)F)CC3)C(=O)N(C)CC(=O)N[C@@H](CCC3CCC4SCCC4C3)C(=O)N2C1. The molecule has 3 aliphatic carbocycles. The largest absolute Gasteiger partial charge is 0.391 e. The van der Waals surface area contributed by atoms with Crippen LogP contribution < -0.4 is 16.0 Å². The lowest BCUT2D eigenvalue weighted by atomic mass is 9.74. The summed E-state index contributed by atoms with van der Waals surface area (Å²) in [5.41, 5.74) is -1.55. The number of hydrogen-bond acceptors (Lipinski definition) is 14. The number of nitrogens with one attached hydrogen (secondary N) is 3. The van der Waals surface area contributed by atoms with Crippen molar-refractivity contribution in [2.24, 2.45) is 35.5 Å². The van der Waals surface area contributed by atoms with Gasteiger partial charge in [-0.25, -0.2) is 0 Å². The van der Waals surface area contributed by atoms with Gasteiger partial charge >= 0.3 is 6.18 Å². The van der Waals surface area contributed by atoms with E-state index in [0.29, 0.717) is 43.3 Å². The van der Waals surface area contributed by atoms with Gasteiger partial charge in [0.15, 0.2) is 0 Å². The number of thioether (sulfide) groups is 1. The van der Waals surface area contributed by atoms with Crippen LogP contribution in [0.25, 0.3) is 0 Å². The fraction of sp³-hybridized carbons (Fsp3) is 0.811. The van der Waals surface area contributed by atoms with Gasteiger partial charge in [0.05, 0.1) is 31.5 Å². The fourth-order valence-electron chi connectivity index (χ4n) is 16.8. The number of hydrogen-bond donors (Lipinski definition) is 3. The molecule has 25 nitrogen and oxygen atoms in total. The van der Waals surface area contributed by atoms with E-state index in [1.807, 2.05) is 32.5 Å². The van der Waals surface area contributed by atoms with Crippen LogP contribution in [0.2, 0.25) is 0 Å². The van der Waals surface area contributed by atoms with E-state index >= 15 is 28.8 Å². The zero-order valence-electron chi connectivity index (χ0n) is 63.6. The lowest BCUT2D eigenvalue weighted by Crippen LogP contribution is -2.68. The molecule has 0 radical (unpaired) electrons. The molecule has 0 aromatic carbocycles. The van der Waals surface area contributed by atoms with E-state index in [2.05, 4.69) is 16.0 Å². The average Bonchev–Trinajstić information content (AvgIpc) is 1.39. The number of nitrogens with zero attached hydrogens (tertiary/aromatic N) is 9. The van der Waals surface area contributed by atoms with Crippen molar-refractivity contribution in [2.45, 2.75) is 254 Å². The van der Waals surface area contributed by atoms with E-state index in [-0.39, 0.29) is 103 Å². The lowest BCUT2D eigenvalue weighted by molar-refractivity contribution is -0.184. The Bertz CT molecular complexity index is 3050. The molecule has 12 amide bonds. The van der Waals surface area contributed by atoms with Gasteiger partial charge in [0.1, 0.15) is 53.9 Å². The molecule has 4 aliphatic heterocycles. The Morgan fingerprint density at radius 2 is 1.34 bits per heavy atom. The molecule has 3 unspecified atom stereocenters. The predicted molar refractivity (Wildman–Crippen MR) is 384 cm³/mol. The summed E-state index contributed by atoms with van der Waals surface area (Å²) in [6.45, 7) is 9.70.